The van der Waals surface area contributed by atoms with Gasteiger partial charge in [0.15, 0.2) is 0 Å². The molecule has 2 N–H and O–H groups in total. The van der Waals surface area contributed by atoms with E-state index in [9.17, 15) is 20.0 Å². The van der Waals surface area contributed by atoms with Crippen molar-refractivity contribution in [2.45, 2.75) is 6.92 Å². The van der Waals surface area contributed by atoms with E-state index in [2.05, 4.69) is 9.97 Å². The summed E-state index contributed by atoms with van der Waals surface area (Å²) in [6.45, 7) is 1.96. The Kier molecular flexibility index (Phi) is 3.43. The van der Waals surface area contributed by atoms with Crippen LogP contribution in [0.4, 0.5) is 5.69 Å². The molecular formula is C11H9N3O4S. The second-order valence-corrected chi connectivity index (χ2v) is 4.98. The molecule has 19 heavy (non-hydrogen) atoms. The molecule has 0 atom stereocenters. The number of rotatable bonds is 3. The van der Waals surface area contributed by atoms with Crippen LogP contribution in [0, 0.1) is 17.0 Å². The summed E-state index contributed by atoms with van der Waals surface area (Å²) >= 11 is 1.55. The highest BCUT2D eigenvalue weighted by Gasteiger charge is 2.21. The molecule has 0 amide bonds. The summed E-state index contributed by atoms with van der Waals surface area (Å²) < 4.78 is 0. The molecule has 2 rings (SSSR count). The zero-order chi connectivity index (χ0) is 14.0. The average molecular weight is 279 g/mol. The SMILES string of the molecule is Cc1ccc(/C=C\c2nc(O)c([N+](=O)[O-])c(=O)[nH]2)s1. The van der Waals surface area contributed by atoms with E-state index >= 15 is 0 Å². The first-order valence-electron chi connectivity index (χ1n) is 5.19. The van der Waals surface area contributed by atoms with E-state index in [4.69, 9.17) is 0 Å². The van der Waals surface area contributed by atoms with Crippen LogP contribution in [0.1, 0.15) is 15.6 Å². The number of nitrogens with one attached hydrogen (secondary N) is 1. The third kappa shape index (κ3) is 2.86. The fourth-order valence-corrected chi connectivity index (χ4v) is 2.20. The number of aromatic amines is 1. The van der Waals surface area contributed by atoms with Crippen LogP contribution >= 0.6 is 11.3 Å². The minimum absolute atomic E-state index is 0.0548. The molecule has 2 aromatic rings. The Labute approximate surface area is 111 Å². The predicted molar refractivity (Wildman–Crippen MR) is 71.2 cm³/mol. The molecule has 0 saturated heterocycles. The lowest BCUT2D eigenvalue weighted by molar-refractivity contribution is -0.387. The monoisotopic (exact) mass is 279 g/mol. The Balaban J connectivity index is 2.35. The molecule has 0 fully saturated rings. The van der Waals surface area contributed by atoms with Crippen molar-refractivity contribution >= 4 is 29.2 Å². The van der Waals surface area contributed by atoms with Gasteiger partial charge in [0.1, 0.15) is 5.82 Å². The highest BCUT2D eigenvalue weighted by atomic mass is 32.1. The van der Waals surface area contributed by atoms with Gasteiger partial charge in [-0.3, -0.25) is 14.9 Å². The summed E-state index contributed by atoms with van der Waals surface area (Å²) in [6, 6.07) is 3.83. The van der Waals surface area contributed by atoms with Crippen molar-refractivity contribution in [3.05, 3.63) is 48.2 Å². The average Bonchev–Trinajstić information content (AvgIpc) is 2.71. The Morgan fingerprint density at radius 3 is 2.74 bits per heavy atom. The summed E-state index contributed by atoms with van der Waals surface area (Å²) in [5, 5.41) is 19.8. The van der Waals surface area contributed by atoms with Crippen LogP contribution in [-0.4, -0.2) is 20.0 Å². The van der Waals surface area contributed by atoms with Gasteiger partial charge in [0.2, 0.25) is 0 Å². The van der Waals surface area contributed by atoms with Crippen molar-refractivity contribution in [3.8, 4) is 5.88 Å². The standard InChI is InChI=1S/C11H9N3O4S/c1-6-2-3-7(19-6)4-5-8-12-10(15)9(14(17)18)11(16)13-8/h2-5H,1H3,(H2,12,13,15,16)/b5-4-. The number of aromatic hydroxyl groups is 1. The Morgan fingerprint density at radius 2 is 2.21 bits per heavy atom. The van der Waals surface area contributed by atoms with E-state index in [1.807, 2.05) is 19.1 Å². The Morgan fingerprint density at radius 1 is 1.47 bits per heavy atom. The number of nitrogens with zero attached hydrogens (tertiary/aromatic N) is 2. The predicted octanol–water partition coefficient (Wildman–Crippen LogP) is 1.92. The van der Waals surface area contributed by atoms with Gasteiger partial charge in [-0.05, 0) is 31.2 Å². The molecule has 0 saturated carbocycles. The van der Waals surface area contributed by atoms with Crippen molar-refractivity contribution in [2.24, 2.45) is 0 Å². The molecule has 0 radical (unpaired) electrons. The van der Waals surface area contributed by atoms with Crippen molar-refractivity contribution in [3.63, 3.8) is 0 Å². The van der Waals surface area contributed by atoms with E-state index in [1.165, 1.54) is 6.08 Å². The zero-order valence-corrected chi connectivity index (χ0v) is 10.6. The maximum absolute atomic E-state index is 11.4. The molecule has 0 aliphatic carbocycles. The maximum atomic E-state index is 11.4. The molecule has 0 unspecified atom stereocenters. The third-order valence-corrected chi connectivity index (χ3v) is 3.21. The van der Waals surface area contributed by atoms with E-state index in [0.717, 1.165) is 9.75 Å². The molecule has 7 nitrogen and oxygen atoms in total. The number of nitro groups is 1. The van der Waals surface area contributed by atoms with Gasteiger partial charge in [-0.25, -0.2) is 0 Å². The molecule has 98 valence electrons. The highest BCUT2D eigenvalue weighted by Crippen LogP contribution is 2.19. The van der Waals surface area contributed by atoms with Crippen LogP contribution in [0.3, 0.4) is 0 Å². The number of aryl methyl sites for hydroxylation is 1. The first-order valence-corrected chi connectivity index (χ1v) is 6.01. The molecule has 0 aliphatic heterocycles. The summed E-state index contributed by atoms with van der Waals surface area (Å²) in [6.07, 6.45) is 3.16. The van der Waals surface area contributed by atoms with E-state index in [-0.39, 0.29) is 5.82 Å². The Bertz CT molecular complexity index is 717. The highest BCUT2D eigenvalue weighted by molar-refractivity contribution is 7.12. The molecule has 0 aromatic carbocycles. The van der Waals surface area contributed by atoms with Gasteiger partial charge in [-0.2, -0.15) is 4.98 Å². The van der Waals surface area contributed by atoms with Crippen molar-refractivity contribution in [1.82, 2.24) is 9.97 Å². The van der Waals surface area contributed by atoms with E-state index in [1.54, 1.807) is 17.4 Å². The van der Waals surface area contributed by atoms with Crippen molar-refractivity contribution in [2.75, 3.05) is 0 Å². The molecule has 8 heteroatoms. The topological polar surface area (TPSA) is 109 Å². The van der Waals surface area contributed by atoms with E-state index < -0.39 is 22.0 Å². The Hall–Kier alpha value is -2.48. The summed E-state index contributed by atoms with van der Waals surface area (Å²) in [5.41, 5.74) is -1.94. The van der Waals surface area contributed by atoms with Gasteiger partial charge < -0.3 is 10.1 Å². The first kappa shape index (κ1) is 13.0. The van der Waals surface area contributed by atoms with Gasteiger partial charge in [-0.15, -0.1) is 11.3 Å². The molecule has 0 aliphatic rings. The molecule has 2 aromatic heterocycles. The normalized spacial score (nSPS) is 11.0. The number of H-pyrrole nitrogens is 1. The number of aromatic nitrogens is 2. The molecule has 0 bridgehead atoms. The zero-order valence-electron chi connectivity index (χ0n) is 9.78. The summed E-state index contributed by atoms with van der Waals surface area (Å²) in [4.78, 5) is 28.8. The van der Waals surface area contributed by atoms with Gasteiger partial charge in [-0.1, -0.05) is 0 Å². The summed E-state index contributed by atoms with van der Waals surface area (Å²) in [7, 11) is 0. The lowest BCUT2D eigenvalue weighted by atomic mass is 10.4. The van der Waals surface area contributed by atoms with Crippen LogP contribution in [0.2, 0.25) is 0 Å². The smallest absolute Gasteiger partial charge is 0.395 e. The van der Waals surface area contributed by atoms with Gasteiger partial charge >= 0.3 is 11.2 Å². The second kappa shape index (κ2) is 5.02. The van der Waals surface area contributed by atoms with Crippen molar-refractivity contribution < 1.29 is 10.0 Å². The van der Waals surface area contributed by atoms with Crippen LogP contribution in [0.25, 0.3) is 12.2 Å². The quantitative estimate of drug-likeness (QED) is 0.659. The minimum atomic E-state index is -0.987. The van der Waals surface area contributed by atoms with Crippen molar-refractivity contribution in [1.29, 1.82) is 0 Å². The molecule has 2 heterocycles. The molecular weight excluding hydrogens is 270 g/mol. The largest absolute Gasteiger partial charge is 0.488 e. The van der Waals surface area contributed by atoms with Crippen LogP contribution in [-0.2, 0) is 0 Å². The van der Waals surface area contributed by atoms with Crippen LogP contribution in [0.15, 0.2) is 16.9 Å². The first-order chi connectivity index (χ1) is 8.97. The molecule has 0 spiro atoms. The fraction of sp³-hybridized carbons (Fsp3) is 0.0909. The lowest BCUT2D eigenvalue weighted by Crippen LogP contribution is -2.14. The minimum Gasteiger partial charge on any atom is -0.488 e. The number of hydrogen-bond acceptors (Lipinski definition) is 6. The summed E-state index contributed by atoms with van der Waals surface area (Å²) in [5.74, 6) is -0.838. The van der Waals surface area contributed by atoms with Gasteiger partial charge in [0, 0.05) is 9.75 Å². The second-order valence-electron chi connectivity index (χ2n) is 3.66. The number of thiophene rings is 1. The van der Waals surface area contributed by atoms with Crippen LogP contribution < -0.4 is 5.56 Å². The lowest BCUT2D eigenvalue weighted by Gasteiger charge is -1.96. The number of hydrogen-bond donors (Lipinski definition) is 2. The maximum Gasteiger partial charge on any atom is 0.395 e. The van der Waals surface area contributed by atoms with E-state index in [0.29, 0.717) is 0 Å². The fourth-order valence-electron chi connectivity index (χ4n) is 1.42. The van der Waals surface area contributed by atoms with Gasteiger partial charge in [0.25, 0.3) is 5.88 Å². The van der Waals surface area contributed by atoms with Gasteiger partial charge in [0.05, 0.1) is 4.92 Å². The third-order valence-electron chi connectivity index (χ3n) is 2.24. The van der Waals surface area contributed by atoms with Crippen LogP contribution in [0.5, 0.6) is 5.88 Å².